The highest BCUT2D eigenvalue weighted by Crippen LogP contribution is 2.24. The van der Waals surface area contributed by atoms with Gasteiger partial charge in [-0.05, 0) is 23.8 Å². The minimum atomic E-state index is -0.417. The fourth-order valence-electron chi connectivity index (χ4n) is 3.04. The Balaban J connectivity index is 1.49. The molecule has 0 bridgehead atoms. The number of halogens is 1. The number of aromatic nitrogens is 3. The summed E-state index contributed by atoms with van der Waals surface area (Å²) in [6.07, 6.45) is 1.53. The Morgan fingerprint density at radius 2 is 2.32 bits per heavy atom. The molecule has 0 aliphatic carbocycles. The number of H-pyrrole nitrogens is 1. The van der Waals surface area contributed by atoms with Crippen LogP contribution in [-0.2, 0) is 16.0 Å². The molecule has 0 radical (unpaired) electrons. The van der Waals surface area contributed by atoms with Gasteiger partial charge < -0.3 is 19.0 Å². The van der Waals surface area contributed by atoms with Gasteiger partial charge in [0.05, 0.1) is 19.6 Å². The lowest BCUT2D eigenvalue weighted by Gasteiger charge is -2.31. The molecule has 130 valence electrons. The molecule has 4 rings (SSSR count). The van der Waals surface area contributed by atoms with E-state index < -0.39 is 6.10 Å². The number of aryl methyl sites for hydroxylation is 1. The molecule has 25 heavy (non-hydrogen) atoms. The number of fused-ring (bicyclic) bond motifs is 1. The van der Waals surface area contributed by atoms with Crippen LogP contribution in [0.1, 0.15) is 23.4 Å². The molecule has 2 aromatic heterocycles. The van der Waals surface area contributed by atoms with E-state index in [4.69, 9.17) is 9.15 Å². The molecule has 0 saturated carbocycles. The summed E-state index contributed by atoms with van der Waals surface area (Å²) in [5, 5.41) is 8.49. The maximum Gasteiger partial charge on any atom is 0.246 e. The number of ether oxygens (including phenoxy) is 1. The van der Waals surface area contributed by atoms with Gasteiger partial charge in [-0.15, -0.1) is 10.2 Å². The van der Waals surface area contributed by atoms with Gasteiger partial charge >= 0.3 is 0 Å². The summed E-state index contributed by atoms with van der Waals surface area (Å²) in [5.41, 5.74) is 1.58. The Kier molecular flexibility index (Phi) is 3.96. The summed E-state index contributed by atoms with van der Waals surface area (Å²) in [5.74, 6) is 0.473. The highest BCUT2D eigenvalue weighted by molar-refractivity contribution is 5.89. The molecule has 1 amide bonds. The summed E-state index contributed by atoms with van der Waals surface area (Å²) in [6, 6.07) is 4.50. The van der Waals surface area contributed by atoms with Gasteiger partial charge in [0.25, 0.3) is 0 Å². The van der Waals surface area contributed by atoms with Crippen LogP contribution in [0.4, 0.5) is 4.39 Å². The maximum atomic E-state index is 13.5. The van der Waals surface area contributed by atoms with Gasteiger partial charge in [0.1, 0.15) is 5.82 Å². The molecular formula is C17H17FN4O3. The lowest BCUT2D eigenvalue weighted by Crippen LogP contribution is -2.43. The fourth-order valence-corrected chi connectivity index (χ4v) is 3.04. The normalized spacial score (nSPS) is 18.0. The zero-order valence-electron chi connectivity index (χ0n) is 13.7. The van der Waals surface area contributed by atoms with Crippen LogP contribution >= 0.6 is 0 Å². The Hall–Kier alpha value is -2.74. The number of morpholine rings is 1. The van der Waals surface area contributed by atoms with Crippen molar-refractivity contribution in [2.24, 2.45) is 0 Å². The third kappa shape index (κ3) is 3.12. The highest BCUT2D eigenvalue weighted by atomic mass is 19.1. The molecule has 3 aromatic rings. The van der Waals surface area contributed by atoms with Crippen LogP contribution in [0.2, 0.25) is 0 Å². The second-order valence-electron chi connectivity index (χ2n) is 6.04. The number of hydrogen-bond acceptors (Lipinski definition) is 5. The molecule has 3 heterocycles. The zero-order valence-corrected chi connectivity index (χ0v) is 13.7. The van der Waals surface area contributed by atoms with Gasteiger partial charge in [-0.25, -0.2) is 4.39 Å². The van der Waals surface area contributed by atoms with E-state index in [0.717, 1.165) is 16.5 Å². The number of benzene rings is 1. The van der Waals surface area contributed by atoms with Gasteiger partial charge in [0, 0.05) is 30.6 Å². The smallest absolute Gasteiger partial charge is 0.246 e. The molecule has 8 heteroatoms. The Bertz CT molecular complexity index is 920. The number of aromatic amines is 1. The van der Waals surface area contributed by atoms with Crippen LogP contribution < -0.4 is 0 Å². The van der Waals surface area contributed by atoms with Crippen molar-refractivity contribution in [2.75, 3.05) is 19.7 Å². The highest BCUT2D eigenvalue weighted by Gasteiger charge is 2.29. The molecule has 1 unspecified atom stereocenters. The maximum absolute atomic E-state index is 13.5. The van der Waals surface area contributed by atoms with E-state index in [-0.39, 0.29) is 18.1 Å². The van der Waals surface area contributed by atoms with Gasteiger partial charge in [-0.2, -0.15) is 0 Å². The third-order valence-corrected chi connectivity index (χ3v) is 4.31. The average Bonchev–Trinajstić information content (AvgIpc) is 3.21. The molecule has 1 atom stereocenters. The molecule has 1 aliphatic heterocycles. The molecule has 1 fully saturated rings. The lowest BCUT2D eigenvalue weighted by atomic mass is 10.1. The van der Waals surface area contributed by atoms with Crippen molar-refractivity contribution in [1.82, 2.24) is 20.1 Å². The molecular weight excluding hydrogens is 327 g/mol. The second-order valence-corrected chi connectivity index (χ2v) is 6.04. The van der Waals surface area contributed by atoms with E-state index in [1.165, 1.54) is 12.1 Å². The number of rotatable bonds is 3. The van der Waals surface area contributed by atoms with Crippen LogP contribution in [0.5, 0.6) is 0 Å². The topological polar surface area (TPSA) is 84.2 Å². The van der Waals surface area contributed by atoms with Crippen LogP contribution in [0.25, 0.3) is 10.9 Å². The van der Waals surface area contributed by atoms with E-state index in [1.54, 1.807) is 24.1 Å². The largest absolute Gasteiger partial charge is 0.423 e. The summed E-state index contributed by atoms with van der Waals surface area (Å²) in [4.78, 5) is 17.5. The lowest BCUT2D eigenvalue weighted by molar-refractivity contribution is -0.139. The first-order chi connectivity index (χ1) is 12.1. The van der Waals surface area contributed by atoms with Gasteiger partial charge in [-0.3, -0.25) is 4.79 Å². The van der Waals surface area contributed by atoms with Crippen LogP contribution in [0, 0.1) is 12.7 Å². The molecule has 0 spiro atoms. The molecule has 1 aliphatic rings. The monoisotopic (exact) mass is 344 g/mol. The number of nitrogens with zero attached hydrogens (tertiary/aromatic N) is 3. The van der Waals surface area contributed by atoms with Gasteiger partial charge in [0.15, 0.2) is 6.10 Å². The van der Waals surface area contributed by atoms with Crippen molar-refractivity contribution in [3.8, 4) is 0 Å². The fraction of sp³-hybridized carbons (Fsp3) is 0.353. The van der Waals surface area contributed by atoms with Crippen LogP contribution in [0.15, 0.2) is 28.8 Å². The van der Waals surface area contributed by atoms with E-state index in [2.05, 4.69) is 15.2 Å². The van der Waals surface area contributed by atoms with E-state index in [9.17, 15) is 9.18 Å². The summed E-state index contributed by atoms with van der Waals surface area (Å²) < 4.78 is 24.5. The molecule has 1 aromatic carbocycles. The van der Waals surface area contributed by atoms with E-state index in [1.807, 2.05) is 0 Å². The van der Waals surface area contributed by atoms with Crippen molar-refractivity contribution >= 4 is 16.8 Å². The summed E-state index contributed by atoms with van der Waals surface area (Å²) in [6.45, 7) is 2.97. The predicted octanol–water partition coefficient (Wildman–Crippen LogP) is 2.14. The zero-order chi connectivity index (χ0) is 17.4. The van der Waals surface area contributed by atoms with Crippen molar-refractivity contribution in [3.05, 3.63) is 47.6 Å². The number of hydrogen-bond donors (Lipinski definition) is 1. The number of nitrogens with one attached hydrogen (secondary N) is 1. The summed E-state index contributed by atoms with van der Waals surface area (Å²) in [7, 11) is 0. The van der Waals surface area contributed by atoms with Crippen molar-refractivity contribution in [3.63, 3.8) is 0 Å². The molecule has 1 saturated heterocycles. The number of carbonyl (C=O) groups excluding carboxylic acids is 1. The molecule has 1 N–H and O–H groups in total. The average molecular weight is 344 g/mol. The third-order valence-electron chi connectivity index (χ3n) is 4.31. The van der Waals surface area contributed by atoms with Crippen molar-refractivity contribution in [2.45, 2.75) is 19.4 Å². The van der Waals surface area contributed by atoms with Crippen LogP contribution in [-0.4, -0.2) is 45.7 Å². The second kappa shape index (κ2) is 6.29. The van der Waals surface area contributed by atoms with E-state index >= 15 is 0 Å². The van der Waals surface area contributed by atoms with Gasteiger partial charge in [0.2, 0.25) is 17.7 Å². The van der Waals surface area contributed by atoms with Crippen molar-refractivity contribution in [1.29, 1.82) is 0 Å². The van der Waals surface area contributed by atoms with E-state index in [0.29, 0.717) is 31.5 Å². The Labute approximate surface area is 142 Å². The van der Waals surface area contributed by atoms with Crippen LogP contribution in [0.3, 0.4) is 0 Å². The minimum Gasteiger partial charge on any atom is -0.423 e. The number of carbonyl (C=O) groups is 1. The first-order valence-electron chi connectivity index (χ1n) is 8.05. The SMILES string of the molecule is Cc1nnc(C2CN(C(=O)Cc3c[nH]c4ccc(F)cc34)CCO2)o1. The first-order valence-corrected chi connectivity index (χ1v) is 8.05. The van der Waals surface area contributed by atoms with Gasteiger partial charge in [-0.1, -0.05) is 0 Å². The minimum absolute atomic E-state index is 0.0466. The predicted molar refractivity (Wildman–Crippen MR) is 86.3 cm³/mol. The number of amides is 1. The quantitative estimate of drug-likeness (QED) is 0.787. The molecule has 7 nitrogen and oxygen atoms in total. The summed E-state index contributed by atoms with van der Waals surface area (Å²) >= 11 is 0. The standard InChI is InChI=1S/C17H17FN4O3/c1-10-20-21-17(25-10)15-9-22(4-5-24-15)16(23)6-11-8-19-14-3-2-12(18)7-13(11)14/h2-3,7-8,15,19H,4-6,9H2,1H3. The Morgan fingerprint density at radius 3 is 3.12 bits per heavy atom. The van der Waals surface area contributed by atoms with Crippen molar-refractivity contribution < 1.29 is 18.3 Å². The Morgan fingerprint density at radius 1 is 1.44 bits per heavy atom. The first kappa shape index (κ1) is 15.8.